The highest BCUT2D eigenvalue weighted by molar-refractivity contribution is 6.32. The highest BCUT2D eigenvalue weighted by Gasteiger charge is 2.16. The minimum absolute atomic E-state index is 0.313. The first kappa shape index (κ1) is 17.6. The fourth-order valence-electron chi connectivity index (χ4n) is 2.66. The van der Waals surface area contributed by atoms with E-state index in [0.717, 1.165) is 16.7 Å². The van der Waals surface area contributed by atoms with Gasteiger partial charge in [0.05, 0.1) is 24.2 Å². The van der Waals surface area contributed by atoms with Gasteiger partial charge in [0.2, 0.25) is 0 Å². The van der Waals surface area contributed by atoms with Gasteiger partial charge in [-0.1, -0.05) is 23.2 Å². The van der Waals surface area contributed by atoms with Crippen LogP contribution in [-0.2, 0) is 11.3 Å². The van der Waals surface area contributed by atoms with E-state index in [9.17, 15) is 4.79 Å². The zero-order valence-corrected chi connectivity index (χ0v) is 15.2. The molecule has 0 aliphatic rings. The predicted octanol–water partition coefficient (Wildman–Crippen LogP) is 5.20. The third-order valence-electron chi connectivity index (χ3n) is 3.74. The van der Waals surface area contributed by atoms with Crippen LogP contribution in [0.4, 0.5) is 0 Å². The van der Waals surface area contributed by atoms with Crippen molar-refractivity contribution in [1.82, 2.24) is 4.57 Å². The molecule has 130 valence electrons. The Balaban J connectivity index is 1.81. The molecule has 0 bridgehead atoms. The molecule has 3 aromatic rings. The SMILES string of the molecule is CCOC(=O)c1cc(Cl)cc2ccn(CCOc3ccc(Cl)cc3)c12. The predicted molar refractivity (Wildman–Crippen MR) is 99.9 cm³/mol. The van der Waals surface area contributed by atoms with Gasteiger partial charge in [-0.15, -0.1) is 0 Å². The second kappa shape index (κ2) is 7.81. The highest BCUT2D eigenvalue weighted by atomic mass is 35.5. The van der Waals surface area contributed by atoms with Crippen molar-refractivity contribution in [2.75, 3.05) is 13.2 Å². The largest absolute Gasteiger partial charge is 0.492 e. The Bertz CT molecular complexity index is 888. The van der Waals surface area contributed by atoms with Crippen LogP contribution >= 0.6 is 23.2 Å². The summed E-state index contributed by atoms with van der Waals surface area (Å²) in [4.78, 5) is 12.3. The van der Waals surface area contributed by atoms with Gasteiger partial charge in [-0.2, -0.15) is 0 Å². The minimum Gasteiger partial charge on any atom is -0.492 e. The summed E-state index contributed by atoms with van der Waals surface area (Å²) in [6, 6.07) is 12.6. The zero-order valence-electron chi connectivity index (χ0n) is 13.7. The molecule has 2 aromatic carbocycles. The maximum Gasteiger partial charge on any atom is 0.340 e. The molecular formula is C19H17Cl2NO3. The molecule has 0 atom stereocenters. The number of halogens is 2. The van der Waals surface area contributed by atoms with Gasteiger partial charge < -0.3 is 14.0 Å². The summed E-state index contributed by atoms with van der Waals surface area (Å²) in [5, 5.41) is 2.06. The van der Waals surface area contributed by atoms with Crippen LogP contribution in [0.25, 0.3) is 10.9 Å². The monoisotopic (exact) mass is 377 g/mol. The summed E-state index contributed by atoms with van der Waals surface area (Å²) in [5.41, 5.74) is 1.25. The van der Waals surface area contributed by atoms with E-state index < -0.39 is 0 Å². The van der Waals surface area contributed by atoms with E-state index in [1.165, 1.54) is 0 Å². The van der Waals surface area contributed by atoms with Crippen molar-refractivity contribution in [3.8, 4) is 5.75 Å². The number of aromatic nitrogens is 1. The number of nitrogens with zero attached hydrogens (tertiary/aromatic N) is 1. The van der Waals surface area contributed by atoms with Gasteiger partial charge in [0.25, 0.3) is 0 Å². The number of hydrogen-bond donors (Lipinski definition) is 0. The molecule has 0 fully saturated rings. The van der Waals surface area contributed by atoms with E-state index in [1.54, 1.807) is 25.1 Å². The van der Waals surface area contributed by atoms with Gasteiger partial charge in [0.1, 0.15) is 12.4 Å². The Morgan fingerprint density at radius 2 is 1.84 bits per heavy atom. The van der Waals surface area contributed by atoms with Crippen LogP contribution in [0.15, 0.2) is 48.7 Å². The smallest absolute Gasteiger partial charge is 0.340 e. The van der Waals surface area contributed by atoms with Gasteiger partial charge in [-0.3, -0.25) is 0 Å². The summed E-state index contributed by atoms with van der Waals surface area (Å²) in [6.45, 7) is 3.13. The second-order valence-corrected chi connectivity index (χ2v) is 6.30. The van der Waals surface area contributed by atoms with E-state index in [0.29, 0.717) is 35.4 Å². The molecule has 1 heterocycles. The van der Waals surface area contributed by atoms with Crippen LogP contribution in [0.1, 0.15) is 17.3 Å². The van der Waals surface area contributed by atoms with Gasteiger partial charge in [-0.05, 0) is 49.4 Å². The first-order chi connectivity index (χ1) is 12.1. The van der Waals surface area contributed by atoms with Crippen molar-refractivity contribution in [1.29, 1.82) is 0 Å². The standard InChI is InChI=1S/C19H17Cl2NO3/c1-2-24-19(23)17-12-15(21)11-13-7-8-22(18(13)17)9-10-25-16-5-3-14(20)4-6-16/h3-8,11-12H,2,9-10H2,1H3. The van der Waals surface area contributed by atoms with E-state index in [1.807, 2.05) is 35.0 Å². The average molecular weight is 378 g/mol. The van der Waals surface area contributed by atoms with Gasteiger partial charge in [-0.25, -0.2) is 4.79 Å². The third kappa shape index (κ3) is 4.09. The Morgan fingerprint density at radius 1 is 1.08 bits per heavy atom. The lowest BCUT2D eigenvalue weighted by Crippen LogP contribution is -2.11. The summed E-state index contributed by atoms with van der Waals surface area (Å²) in [7, 11) is 0. The molecule has 0 aliphatic heterocycles. The molecule has 0 saturated heterocycles. The van der Waals surface area contributed by atoms with Crippen LogP contribution in [0, 0.1) is 0 Å². The molecule has 3 rings (SSSR count). The normalized spacial score (nSPS) is 10.8. The Labute approximate surface area is 155 Å². The van der Waals surface area contributed by atoms with Crippen molar-refractivity contribution in [2.45, 2.75) is 13.5 Å². The van der Waals surface area contributed by atoms with Gasteiger partial charge in [0.15, 0.2) is 0 Å². The molecule has 1 aromatic heterocycles. The number of ether oxygens (including phenoxy) is 2. The van der Waals surface area contributed by atoms with Crippen LogP contribution in [0.2, 0.25) is 10.0 Å². The summed E-state index contributed by atoms with van der Waals surface area (Å²) < 4.78 is 12.8. The van der Waals surface area contributed by atoms with Gasteiger partial charge in [0, 0.05) is 21.6 Å². The van der Waals surface area contributed by atoms with Crippen LogP contribution in [0.3, 0.4) is 0 Å². The number of fused-ring (bicyclic) bond motifs is 1. The van der Waals surface area contributed by atoms with Crippen LogP contribution in [-0.4, -0.2) is 23.8 Å². The summed E-state index contributed by atoms with van der Waals surface area (Å²) >= 11 is 12.0. The molecule has 0 amide bonds. The first-order valence-corrected chi connectivity index (χ1v) is 8.68. The fraction of sp³-hybridized carbons (Fsp3) is 0.211. The average Bonchev–Trinajstić information content (AvgIpc) is 2.99. The number of esters is 1. The van der Waals surface area contributed by atoms with Crippen molar-refractivity contribution in [2.24, 2.45) is 0 Å². The molecule has 0 N–H and O–H groups in total. The molecule has 0 aliphatic carbocycles. The Hall–Kier alpha value is -2.17. The lowest BCUT2D eigenvalue weighted by atomic mass is 10.1. The molecule has 4 nitrogen and oxygen atoms in total. The van der Waals surface area contributed by atoms with Crippen molar-refractivity contribution < 1.29 is 14.3 Å². The Kier molecular flexibility index (Phi) is 5.51. The summed E-state index contributed by atoms with van der Waals surface area (Å²) in [6.07, 6.45) is 1.91. The van der Waals surface area contributed by atoms with E-state index in [2.05, 4.69) is 0 Å². The highest BCUT2D eigenvalue weighted by Crippen LogP contribution is 2.26. The fourth-order valence-corrected chi connectivity index (χ4v) is 3.01. The van der Waals surface area contributed by atoms with E-state index >= 15 is 0 Å². The summed E-state index contributed by atoms with van der Waals surface area (Å²) in [5.74, 6) is 0.364. The molecule has 0 unspecified atom stereocenters. The van der Waals surface area contributed by atoms with Crippen LogP contribution in [0.5, 0.6) is 5.75 Å². The molecule has 0 saturated carbocycles. The molecule has 25 heavy (non-hydrogen) atoms. The number of carbonyl (C=O) groups is 1. The van der Waals surface area contributed by atoms with Gasteiger partial charge >= 0.3 is 5.97 Å². The zero-order chi connectivity index (χ0) is 17.8. The number of hydrogen-bond acceptors (Lipinski definition) is 3. The molecule has 0 spiro atoms. The van der Waals surface area contributed by atoms with Crippen LogP contribution < -0.4 is 4.74 Å². The lowest BCUT2D eigenvalue weighted by Gasteiger charge is -2.11. The van der Waals surface area contributed by atoms with E-state index in [-0.39, 0.29) is 5.97 Å². The number of carbonyl (C=O) groups excluding carboxylic acids is 1. The molecule has 6 heteroatoms. The van der Waals surface area contributed by atoms with Crippen molar-refractivity contribution in [3.05, 3.63) is 64.3 Å². The first-order valence-electron chi connectivity index (χ1n) is 7.92. The van der Waals surface area contributed by atoms with Crippen molar-refractivity contribution >= 4 is 40.1 Å². The maximum atomic E-state index is 12.3. The van der Waals surface area contributed by atoms with E-state index in [4.69, 9.17) is 32.7 Å². The minimum atomic E-state index is -0.381. The number of benzene rings is 2. The molecular weight excluding hydrogens is 361 g/mol. The Morgan fingerprint density at radius 3 is 2.56 bits per heavy atom. The third-order valence-corrected chi connectivity index (χ3v) is 4.21. The van der Waals surface area contributed by atoms with Crippen molar-refractivity contribution in [3.63, 3.8) is 0 Å². The topological polar surface area (TPSA) is 40.5 Å². The number of rotatable bonds is 6. The second-order valence-electron chi connectivity index (χ2n) is 5.42. The lowest BCUT2D eigenvalue weighted by molar-refractivity contribution is 0.0528. The maximum absolute atomic E-state index is 12.3. The molecule has 0 radical (unpaired) electrons. The quantitative estimate of drug-likeness (QED) is 0.554.